The quantitative estimate of drug-likeness (QED) is 0.633. The van der Waals surface area contributed by atoms with Gasteiger partial charge >= 0.3 is 0 Å². The second-order valence-electron chi connectivity index (χ2n) is 8.30. The van der Waals surface area contributed by atoms with Gasteiger partial charge in [-0.05, 0) is 61.4 Å². The molecule has 0 bridgehead atoms. The van der Waals surface area contributed by atoms with Crippen molar-refractivity contribution in [2.24, 2.45) is 5.92 Å². The van der Waals surface area contributed by atoms with E-state index >= 15 is 0 Å². The molecular formula is C23H30N2O4S. The summed E-state index contributed by atoms with van der Waals surface area (Å²) in [5.41, 5.74) is 2.53. The van der Waals surface area contributed by atoms with Gasteiger partial charge in [-0.1, -0.05) is 38.1 Å². The molecule has 0 spiro atoms. The van der Waals surface area contributed by atoms with E-state index in [1.165, 1.54) is 24.8 Å². The van der Waals surface area contributed by atoms with Gasteiger partial charge in [-0.3, -0.25) is 4.79 Å². The van der Waals surface area contributed by atoms with Gasteiger partial charge in [-0.2, -0.15) is 0 Å². The zero-order valence-electron chi connectivity index (χ0n) is 17.9. The molecule has 162 valence electrons. The standard InChI is InChI=1S/C23H30N2O4S/c1-15(2)13-17-5-7-18(8-6-17)16(3)24-23(26)19-9-12-21(29-4)22(14-19)30(27,28)25-20-10-11-20/h5-9,12,14-16,20,25H,10-11,13H2,1-4H3,(H,24,26). The van der Waals surface area contributed by atoms with Gasteiger partial charge in [0.05, 0.1) is 13.2 Å². The van der Waals surface area contributed by atoms with Gasteiger partial charge in [0.15, 0.2) is 0 Å². The van der Waals surface area contributed by atoms with Crippen molar-refractivity contribution >= 4 is 15.9 Å². The summed E-state index contributed by atoms with van der Waals surface area (Å²) in [5, 5.41) is 2.95. The van der Waals surface area contributed by atoms with Gasteiger partial charge in [-0.25, -0.2) is 13.1 Å². The van der Waals surface area contributed by atoms with E-state index in [4.69, 9.17) is 4.74 Å². The van der Waals surface area contributed by atoms with Crippen LogP contribution in [0.25, 0.3) is 0 Å². The lowest BCUT2D eigenvalue weighted by Crippen LogP contribution is -2.28. The minimum Gasteiger partial charge on any atom is -0.495 e. The number of carbonyl (C=O) groups is 1. The Hall–Kier alpha value is -2.38. The molecule has 2 aromatic carbocycles. The average molecular weight is 431 g/mol. The van der Waals surface area contributed by atoms with Crippen LogP contribution in [0.15, 0.2) is 47.4 Å². The van der Waals surface area contributed by atoms with Crippen LogP contribution in [-0.2, 0) is 16.4 Å². The van der Waals surface area contributed by atoms with Crippen LogP contribution >= 0.6 is 0 Å². The minimum atomic E-state index is -3.75. The van der Waals surface area contributed by atoms with E-state index < -0.39 is 10.0 Å². The first-order chi connectivity index (χ1) is 14.2. The highest BCUT2D eigenvalue weighted by Gasteiger charge is 2.30. The number of ether oxygens (including phenoxy) is 1. The number of nitrogens with one attached hydrogen (secondary N) is 2. The van der Waals surface area contributed by atoms with E-state index in [-0.39, 0.29) is 34.2 Å². The molecule has 1 aliphatic carbocycles. The molecule has 1 saturated carbocycles. The predicted octanol–water partition coefficient (Wildman–Crippen LogP) is 3.83. The van der Waals surface area contributed by atoms with Crippen LogP contribution in [0.1, 0.15) is 61.1 Å². The molecule has 1 unspecified atom stereocenters. The Balaban J connectivity index is 1.75. The maximum absolute atomic E-state index is 12.8. The van der Waals surface area contributed by atoms with E-state index in [2.05, 4.69) is 36.0 Å². The van der Waals surface area contributed by atoms with Crippen molar-refractivity contribution < 1.29 is 17.9 Å². The highest BCUT2D eigenvalue weighted by Crippen LogP contribution is 2.28. The van der Waals surface area contributed by atoms with Gasteiger partial charge in [0.2, 0.25) is 10.0 Å². The molecule has 2 aromatic rings. The Morgan fingerprint density at radius 1 is 1.10 bits per heavy atom. The Labute approximate surface area is 179 Å². The van der Waals surface area contributed by atoms with E-state index in [9.17, 15) is 13.2 Å². The minimum absolute atomic E-state index is 0.0183. The lowest BCUT2D eigenvalue weighted by atomic mass is 10.00. The SMILES string of the molecule is COc1ccc(C(=O)NC(C)c2ccc(CC(C)C)cc2)cc1S(=O)(=O)NC1CC1. The smallest absolute Gasteiger partial charge is 0.251 e. The molecule has 1 amide bonds. The molecule has 2 N–H and O–H groups in total. The molecule has 0 aliphatic heterocycles. The monoisotopic (exact) mass is 430 g/mol. The van der Waals surface area contributed by atoms with Crippen molar-refractivity contribution in [3.63, 3.8) is 0 Å². The molecule has 7 heteroatoms. The summed E-state index contributed by atoms with van der Waals surface area (Å²) in [5.74, 6) is 0.468. The first-order valence-corrected chi connectivity index (χ1v) is 11.8. The van der Waals surface area contributed by atoms with Gasteiger partial charge < -0.3 is 10.1 Å². The maximum atomic E-state index is 12.8. The molecule has 1 aliphatic rings. The molecular weight excluding hydrogens is 400 g/mol. The lowest BCUT2D eigenvalue weighted by molar-refractivity contribution is 0.0939. The second kappa shape index (κ2) is 9.18. The summed E-state index contributed by atoms with van der Waals surface area (Å²) in [6.07, 6.45) is 2.67. The number of amides is 1. The number of hydrogen-bond acceptors (Lipinski definition) is 4. The summed E-state index contributed by atoms with van der Waals surface area (Å²) >= 11 is 0. The number of rotatable bonds is 9. The molecule has 30 heavy (non-hydrogen) atoms. The number of methoxy groups -OCH3 is 1. The first-order valence-electron chi connectivity index (χ1n) is 10.3. The van der Waals surface area contributed by atoms with Crippen LogP contribution < -0.4 is 14.8 Å². The number of carbonyl (C=O) groups excluding carboxylic acids is 1. The van der Waals surface area contributed by atoms with Crippen LogP contribution in [-0.4, -0.2) is 27.5 Å². The van der Waals surface area contributed by atoms with Crippen molar-refractivity contribution in [2.75, 3.05) is 7.11 Å². The highest BCUT2D eigenvalue weighted by atomic mass is 32.2. The van der Waals surface area contributed by atoms with Crippen LogP contribution in [0, 0.1) is 5.92 Å². The average Bonchev–Trinajstić information content (AvgIpc) is 3.50. The Morgan fingerprint density at radius 3 is 2.33 bits per heavy atom. The van der Waals surface area contributed by atoms with Gasteiger partial charge in [0.1, 0.15) is 10.6 Å². The number of sulfonamides is 1. The van der Waals surface area contributed by atoms with Crippen LogP contribution in [0.4, 0.5) is 0 Å². The summed E-state index contributed by atoms with van der Waals surface area (Å²) in [6, 6.07) is 12.4. The molecule has 1 atom stereocenters. The summed E-state index contributed by atoms with van der Waals surface area (Å²) in [6.45, 7) is 6.27. The van der Waals surface area contributed by atoms with E-state index in [1.54, 1.807) is 6.07 Å². The Bertz CT molecular complexity index is 996. The van der Waals surface area contributed by atoms with Crippen LogP contribution in [0.5, 0.6) is 5.75 Å². The maximum Gasteiger partial charge on any atom is 0.251 e. The van der Waals surface area contributed by atoms with E-state index in [1.807, 2.05) is 19.1 Å². The first kappa shape index (κ1) is 22.3. The second-order valence-corrected chi connectivity index (χ2v) is 9.98. The fraction of sp³-hybridized carbons (Fsp3) is 0.435. The third-order valence-electron chi connectivity index (χ3n) is 5.09. The van der Waals surface area contributed by atoms with E-state index in [0.717, 1.165) is 24.8 Å². The Morgan fingerprint density at radius 2 is 1.77 bits per heavy atom. The van der Waals surface area contributed by atoms with Crippen molar-refractivity contribution in [1.82, 2.24) is 10.0 Å². The molecule has 0 saturated heterocycles. The van der Waals surface area contributed by atoms with Gasteiger partial charge in [0.25, 0.3) is 5.91 Å². The predicted molar refractivity (Wildman–Crippen MR) is 117 cm³/mol. The topological polar surface area (TPSA) is 84.5 Å². The van der Waals surface area contributed by atoms with Crippen molar-refractivity contribution in [2.45, 2.75) is 57.0 Å². The van der Waals surface area contributed by atoms with Gasteiger partial charge in [-0.15, -0.1) is 0 Å². The molecule has 3 rings (SSSR count). The number of hydrogen-bond donors (Lipinski definition) is 2. The van der Waals surface area contributed by atoms with E-state index in [0.29, 0.717) is 5.92 Å². The summed E-state index contributed by atoms with van der Waals surface area (Å²) < 4.78 is 33.2. The third kappa shape index (κ3) is 5.61. The summed E-state index contributed by atoms with van der Waals surface area (Å²) in [4.78, 5) is 12.8. The zero-order valence-corrected chi connectivity index (χ0v) is 18.8. The molecule has 6 nitrogen and oxygen atoms in total. The number of benzene rings is 2. The van der Waals surface area contributed by atoms with Crippen LogP contribution in [0.3, 0.4) is 0 Å². The molecule has 1 fully saturated rings. The lowest BCUT2D eigenvalue weighted by Gasteiger charge is -2.16. The molecule has 0 heterocycles. The van der Waals surface area contributed by atoms with Gasteiger partial charge in [0, 0.05) is 11.6 Å². The van der Waals surface area contributed by atoms with Crippen molar-refractivity contribution in [3.8, 4) is 5.75 Å². The fourth-order valence-electron chi connectivity index (χ4n) is 3.29. The van der Waals surface area contributed by atoms with Crippen LogP contribution in [0.2, 0.25) is 0 Å². The Kier molecular flexibility index (Phi) is 6.83. The third-order valence-corrected chi connectivity index (χ3v) is 6.63. The fourth-order valence-corrected chi connectivity index (χ4v) is 4.79. The normalized spacial score (nSPS) is 15.1. The molecule has 0 radical (unpaired) electrons. The van der Waals surface area contributed by atoms with Crippen molar-refractivity contribution in [3.05, 3.63) is 59.2 Å². The zero-order chi connectivity index (χ0) is 21.9. The summed E-state index contributed by atoms with van der Waals surface area (Å²) in [7, 11) is -2.33. The highest BCUT2D eigenvalue weighted by molar-refractivity contribution is 7.89. The van der Waals surface area contributed by atoms with Crippen molar-refractivity contribution in [1.29, 1.82) is 0 Å². The largest absolute Gasteiger partial charge is 0.495 e. The molecule has 0 aromatic heterocycles.